The predicted octanol–water partition coefficient (Wildman–Crippen LogP) is 3.33. The van der Waals surface area contributed by atoms with Gasteiger partial charge in [0.15, 0.2) is 0 Å². The Labute approximate surface area is 151 Å². The van der Waals surface area contributed by atoms with Gasteiger partial charge in [-0.1, -0.05) is 23.9 Å². The van der Waals surface area contributed by atoms with Gasteiger partial charge < -0.3 is 10.6 Å². The molecule has 2 heterocycles. The first-order chi connectivity index (χ1) is 12.2. The summed E-state index contributed by atoms with van der Waals surface area (Å²) < 4.78 is 0. The van der Waals surface area contributed by atoms with Crippen molar-refractivity contribution in [3.63, 3.8) is 0 Å². The number of rotatable bonds is 4. The number of nitriles is 1. The van der Waals surface area contributed by atoms with Gasteiger partial charge in [0.05, 0.1) is 5.56 Å². The van der Waals surface area contributed by atoms with E-state index in [0.29, 0.717) is 23.2 Å². The molecule has 2 aromatic rings. The normalized spacial score (nSPS) is 24.0. The van der Waals surface area contributed by atoms with E-state index >= 15 is 0 Å². The molecule has 2 aromatic carbocycles. The van der Waals surface area contributed by atoms with Crippen molar-refractivity contribution in [2.24, 2.45) is 0 Å². The lowest BCUT2D eigenvalue weighted by atomic mass is 9.95. The Kier molecular flexibility index (Phi) is 4.48. The standard InChI is InChI=1S/C20H19N3OS/c21-12-14-3-1-2-4-19(14)25-16-8-5-13(6-9-16)20(24)23-18-11-15-7-10-17(18)22-15/h1-6,8-9,15,17-18,22H,7,10-11H2,(H,23,24). The highest BCUT2D eigenvalue weighted by Crippen LogP contribution is 2.31. The molecule has 2 fully saturated rings. The van der Waals surface area contributed by atoms with E-state index in [0.717, 1.165) is 22.6 Å². The largest absolute Gasteiger partial charge is 0.348 e. The molecular formula is C20H19N3OS. The lowest BCUT2D eigenvalue weighted by molar-refractivity contribution is 0.0931. The van der Waals surface area contributed by atoms with Crippen LogP contribution >= 0.6 is 11.8 Å². The molecule has 2 aliphatic rings. The highest BCUT2D eigenvalue weighted by molar-refractivity contribution is 7.99. The van der Waals surface area contributed by atoms with Crippen molar-refractivity contribution in [2.45, 2.75) is 47.2 Å². The highest BCUT2D eigenvalue weighted by Gasteiger charge is 2.39. The Hall–Kier alpha value is -2.29. The van der Waals surface area contributed by atoms with Crippen LogP contribution in [0.5, 0.6) is 0 Å². The minimum atomic E-state index is -0.00618. The van der Waals surface area contributed by atoms with E-state index < -0.39 is 0 Å². The van der Waals surface area contributed by atoms with Crippen molar-refractivity contribution in [3.8, 4) is 6.07 Å². The van der Waals surface area contributed by atoms with E-state index in [4.69, 9.17) is 0 Å². The number of hydrogen-bond donors (Lipinski definition) is 2. The number of carbonyl (C=O) groups is 1. The molecule has 126 valence electrons. The first-order valence-electron chi connectivity index (χ1n) is 8.57. The lowest BCUT2D eigenvalue weighted by Gasteiger charge is -2.21. The number of amides is 1. The fourth-order valence-electron chi connectivity index (χ4n) is 3.68. The first kappa shape index (κ1) is 16.2. The van der Waals surface area contributed by atoms with Gasteiger partial charge in [0.2, 0.25) is 0 Å². The maximum absolute atomic E-state index is 12.5. The quantitative estimate of drug-likeness (QED) is 0.889. The molecule has 25 heavy (non-hydrogen) atoms. The van der Waals surface area contributed by atoms with Crippen molar-refractivity contribution in [1.82, 2.24) is 10.6 Å². The van der Waals surface area contributed by atoms with Gasteiger partial charge in [0, 0.05) is 33.5 Å². The zero-order chi connectivity index (χ0) is 17.2. The Balaban J connectivity index is 1.41. The van der Waals surface area contributed by atoms with Crippen molar-refractivity contribution >= 4 is 17.7 Å². The van der Waals surface area contributed by atoms with Gasteiger partial charge in [-0.05, 0) is 55.7 Å². The van der Waals surface area contributed by atoms with Crippen LogP contribution in [0, 0.1) is 11.3 Å². The van der Waals surface area contributed by atoms with Crippen LogP contribution < -0.4 is 10.6 Å². The Morgan fingerprint density at radius 2 is 1.96 bits per heavy atom. The molecule has 3 unspecified atom stereocenters. The van der Waals surface area contributed by atoms with Gasteiger partial charge in [-0.15, -0.1) is 0 Å². The van der Waals surface area contributed by atoms with Crippen LogP contribution in [0.25, 0.3) is 0 Å². The van der Waals surface area contributed by atoms with Gasteiger partial charge in [-0.2, -0.15) is 5.26 Å². The molecule has 0 aliphatic carbocycles. The smallest absolute Gasteiger partial charge is 0.251 e. The van der Waals surface area contributed by atoms with Crippen LogP contribution in [0.15, 0.2) is 58.3 Å². The van der Waals surface area contributed by atoms with E-state index in [-0.39, 0.29) is 11.9 Å². The van der Waals surface area contributed by atoms with E-state index in [1.54, 1.807) is 0 Å². The van der Waals surface area contributed by atoms with Crippen molar-refractivity contribution < 1.29 is 4.79 Å². The van der Waals surface area contributed by atoms with Crippen LogP contribution in [-0.2, 0) is 0 Å². The molecule has 1 amide bonds. The first-order valence-corrected chi connectivity index (χ1v) is 9.38. The van der Waals surface area contributed by atoms with Crippen LogP contribution in [0.2, 0.25) is 0 Å². The van der Waals surface area contributed by atoms with Gasteiger partial charge in [0.1, 0.15) is 6.07 Å². The number of hydrogen-bond acceptors (Lipinski definition) is 4. The van der Waals surface area contributed by atoms with E-state index in [9.17, 15) is 10.1 Å². The van der Waals surface area contributed by atoms with Gasteiger partial charge in [0.25, 0.3) is 5.91 Å². The fraction of sp³-hybridized carbons (Fsp3) is 0.300. The molecule has 2 saturated heterocycles. The maximum atomic E-state index is 12.5. The molecule has 2 N–H and O–H groups in total. The zero-order valence-corrected chi connectivity index (χ0v) is 14.6. The summed E-state index contributed by atoms with van der Waals surface area (Å²) in [6.45, 7) is 0. The monoisotopic (exact) mass is 349 g/mol. The molecule has 4 nitrogen and oxygen atoms in total. The van der Waals surface area contributed by atoms with Crippen molar-refractivity contribution in [1.29, 1.82) is 5.26 Å². The molecule has 2 aliphatic heterocycles. The Morgan fingerprint density at radius 1 is 1.16 bits per heavy atom. The summed E-state index contributed by atoms with van der Waals surface area (Å²) in [4.78, 5) is 14.4. The second-order valence-electron chi connectivity index (χ2n) is 6.60. The van der Waals surface area contributed by atoms with E-state index in [1.165, 1.54) is 18.2 Å². The zero-order valence-electron chi connectivity index (χ0n) is 13.7. The summed E-state index contributed by atoms with van der Waals surface area (Å²) in [6, 6.07) is 18.6. The molecule has 3 atom stereocenters. The van der Waals surface area contributed by atoms with Crippen LogP contribution in [0.1, 0.15) is 35.2 Å². The molecule has 5 heteroatoms. The highest BCUT2D eigenvalue weighted by atomic mass is 32.2. The topological polar surface area (TPSA) is 64.9 Å². The number of nitrogens with one attached hydrogen (secondary N) is 2. The predicted molar refractivity (Wildman–Crippen MR) is 97.5 cm³/mol. The lowest BCUT2D eigenvalue weighted by Crippen LogP contribution is -2.42. The summed E-state index contributed by atoms with van der Waals surface area (Å²) in [5.41, 5.74) is 1.35. The van der Waals surface area contributed by atoms with Gasteiger partial charge in [-0.25, -0.2) is 0 Å². The van der Waals surface area contributed by atoms with Gasteiger partial charge in [-0.3, -0.25) is 4.79 Å². The minimum absolute atomic E-state index is 0.00618. The van der Waals surface area contributed by atoms with Crippen LogP contribution in [0.3, 0.4) is 0 Å². The van der Waals surface area contributed by atoms with E-state index in [2.05, 4.69) is 16.7 Å². The third kappa shape index (κ3) is 3.41. The third-order valence-electron chi connectivity index (χ3n) is 4.97. The molecule has 0 radical (unpaired) electrons. The molecule has 0 spiro atoms. The maximum Gasteiger partial charge on any atom is 0.251 e. The summed E-state index contributed by atoms with van der Waals surface area (Å²) in [5.74, 6) is -0.00618. The van der Waals surface area contributed by atoms with Crippen LogP contribution in [-0.4, -0.2) is 24.0 Å². The molecule has 4 rings (SSSR count). The third-order valence-corrected chi connectivity index (χ3v) is 6.05. The fourth-order valence-corrected chi connectivity index (χ4v) is 4.58. The van der Waals surface area contributed by atoms with Gasteiger partial charge >= 0.3 is 0 Å². The molecular weight excluding hydrogens is 330 g/mol. The second-order valence-corrected chi connectivity index (χ2v) is 7.71. The summed E-state index contributed by atoms with van der Waals surface area (Å²) in [6.07, 6.45) is 3.42. The van der Waals surface area contributed by atoms with Crippen LogP contribution in [0.4, 0.5) is 0 Å². The molecule has 0 aromatic heterocycles. The van der Waals surface area contributed by atoms with Crippen molar-refractivity contribution in [2.75, 3.05) is 0 Å². The second kappa shape index (κ2) is 6.91. The minimum Gasteiger partial charge on any atom is -0.348 e. The number of carbonyl (C=O) groups excluding carboxylic acids is 1. The summed E-state index contributed by atoms with van der Waals surface area (Å²) in [5, 5.41) is 15.9. The summed E-state index contributed by atoms with van der Waals surface area (Å²) >= 11 is 1.54. The summed E-state index contributed by atoms with van der Waals surface area (Å²) in [7, 11) is 0. The SMILES string of the molecule is N#Cc1ccccc1Sc1ccc(C(=O)NC2CC3CCC2N3)cc1. The Morgan fingerprint density at radius 3 is 2.64 bits per heavy atom. The number of fused-ring (bicyclic) bond motifs is 2. The molecule has 0 saturated carbocycles. The average Bonchev–Trinajstić information content (AvgIpc) is 3.26. The number of benzene rings is 2. The molecule has 2 bridgehead atoms. The van der Waals surface area contributed by atoms with E-state index in [1.807, 2.05) is 48.5 Å². The number of nitrogens with zero attached hydrogens (tertiary/aromatic N) is 1. The Bertz CT molecular complexity index is 828. The average molecular weight is 349 g/mol. The van der Waals surface area contributed by atoms with Crippen molar-refractivity contribution in [3.05, 3.63) is 59.7 Å².